The third-order valence-electron chi connectivity index (χ3n) is 3.90. The normalized spacial score (nSPS) is 14.6. The third kappa shape index (κ3) is 3.76. The number of ether oxygens (including phenoxy) is 1. The largest absolute Gasteiger partial charge is 0.450 e. The fraction of sp³-hybridized carbons (Fsp3) is 0.353. The average Bonchev–Trinajstić information content (AvgIpc) is 2.63. The van der Waals surface area contributed by atoms with Gasteiger partial charge in [0.2, 0.25) is 5.95 Å². The Hall–Kier alpha value is -2.34. The van der Waals surface area contributed by atoms with Gasteiger partial charge in [-0.15, -0.1) is 0 Å². The van der Waals surface area contributed by atoms with E-state index in [0.29, 0.717) is 43.8 Å². The predicted molar refractivity (Wildman–Crippen MR) is 93.3 cm³/mol. The molecule has 3 rings (SSSR count). The first-order valence-corrected chi connectivity index (χ1v) is 8.30. The van der Waals surface area contributed by atoms with Crippen LogP contribution in [0.15, 0.2) is 36.7 Å². The van der Waals surface area contributed by atoms with Crippen LogP contribution >= 0.6 is 11.6 Å². The van der Waals surface area contributed by atoms with Crippen LogP contribution in [0.4, 0.5) is 10.7 Å². The molecule has 2 aromatic rings. The van der Waals surface area contributed by atoms with Gasteiger partial charge < -0.3 is 14.5 Å². The molecule has 1 aromatic carbocycles. The van der Waals surface area contributed by atoms with Gasteiger partial charge in [0.15, 0.2) is 0 Å². The molecular formula is C17H19ClN4O2. The Kier molecular flexibility index (Phi) is 5.15. The monoisotopic (exact) mass is 346 g/mol. The number of benzene rings is 1. The summed E-state index contributed by atoms with van der Waals surface area (Å²) in [5.41, 5.74) is 1.97. The number of hydrogen-bond donors (Lipinski definition) is 0. The number of carbonyl (C=O) groups is 1. The minimum absolute atomic E-state index is 0.254. The number of nitrogens with zero attached hydrogens (tertiary/aromatic N) is 4. The number of hydrogen-bond acceptors (Lipinski definition) is 5. The van der Waals surface area contributed by atoms with Crippen molar-refractivity contribution < 1.29 is 9.53 Å². The van der Waals surface area contributed by atoms with Crippen LogP contribution in [0, 0.1) is 0 Å². The SMILES string of the molecule is CCOC(=O)N1CCN(c2ncc(-c3ccc(Cl)cc3)cn2)CC1. The molecule has 0 atom stereocenters. The maximum absolute atomic E-state index is 11.7. The van der Waals surface area contributed by atoms with Crippen molar-refractivity contribution in [3.05, 3.63) is 41.7 Å². The zero-order valence-corrected chi connectivity index (χ0v) is 14.2. The first-order chi connectivity index (χ1) is 11.7. The maximum Gasteiger partial charge on any atom is 0.409 e. The number of rotatable bonds is 3. The van der Waals surface area contributed by atoms with Crippen LogP contribution in [0.1, 0.15) is 6.92 Å². The zero-order valence-electron chi connectivity index (χ0n) is 13.5. The highest BCUT2D eigenvalue weighted by Gasteiger charge is 2.23. The minimum atomic E-state index is -0.254. The number of aromatic nitrogens is 2. The second-order valence-corrected chi connectivity index (χ2v) is 5.89. The average molecular weight is 347 g/mol. The highest BCUT2D eigenvalue weighted by molar-refractivity contribution is 6.30. The van der Waals surface area contributed by atoms with Gasteiger partial charge >= 0.3 is 6.09 Å². The van der Waals surface area contributed by atoms with Crippen molar-refractivity contribution in [2.75, 3.05) is 37.7 Å². The van der Waals surface area contributed by atoms with Gasteiger partial charge in [0.1, 0.15) is 0 Å². The van der Waals surface area contributed by atoms with Crippen molar-refractivity contribution >= 4 is 23.6 Å². The van der Waals surface area contributed by atoms with E-state index in [-0.39, 0.29) is 6.09 Å². The van der Waals surface area contributed by atoms with Crippen LogP contribution in [0.3, 0.4) is 0 Å². The number of piperazine rings is 1. The van der Waals surface area contributed by atoms with E-state index in [0.717, 1.165) is 11.1 Å². The van der Waals surface area contributed by atoms with Gasteiger partial charge in [-0.3, -0.25) is 0 Å². The molecule has 1 fully saturated rings. The van der Waals surface area contributed by atoms with Crippen molar-refractivity contribution in [2.45, 2.75) is 6.92 Å². The van der Waals surface area contributed by atoms with Crippen LogP contribution < -0.4 is 4.90 Å². The standard InChI is InChI=1S/C17H19ClN4O2/c1-2-24-17(23)22-9-7-21(8-10-22)16-19-11-14(12-20-16)13-3-5-15(18)6-4-13/h3-6,11-12H,2,7-10H2,1H3. The topological polar surface area (TPSA) is 58.6 Å². The van der Waals surface area contributed by atoms with E-state index in [4.69, 9.17) is 16.3 Å². The van der Waals surface area contributed by atoms with Gasteiger partial charge in [-0.1, -0.05) is 23.7 Å². The molecular weight excluding hydrogens is 328 g/mol. The second-order valence-electron chi connectivity index (χ2n) is 5.45. The molecule has 6 nitrogen and oxygen atoms in total. The van der Waals surface area contributed by atoms with E-state index < -0.39 is 0 Å². The Morgan fingerprint density at radius 2 is 1.71 bits per heavy atom. The van der Waals surface area contributed by atoms with Crippen LogP contribution in [0.2, 0.25) is 5.02 Å². The molecule has 0 unspecified atom stereocenters. The summed E-state index contributed by atoms with van der Waals surface area (Å²) in [6.07, 6.45) is 3.36. The van der Waals surface area contributed by atoms with Crippen molar-refractivity contribution in [1.82, 2.24) is 14.9 Å². The Morgan fingerprint density at radius 1 is 1.08 bits per heavy atom. The van der Waals surface area contributed by atoms with Crippen molar-refractivity contribution in [3.63, 3.8) is 0 Å². The van der Waals surface area contributed by atoms with E-state index >= 15 is 0 Å². The van der Waals surface area contributed by atoms with Crippen molar-refractivity contribution in [3.8, 4) is 11.1 Å². The lowest BCUT2D eigenvalue weighted by Crippen LogP contribution is -2.49. The van der Waals surface area contributed by atoms with Gasteiger partial charge in [-0.2, -0.15) is 0 Å². The number of amides is 1. The van der Waals surface area contributed by atoms with E-state index in [1.165, 1.54) is 0 Å². The summed E-state index contributed by atoms with van der Waals surface area (Å²) in [7, 11) is 0. The molecule has 0 aliphatic carbocycles. The lowest BCUT2D eigenvalue weighted by atomic mass is 10.1. The molecule has 1 amide bonds. The molecule has 1 aliphatic rings. The van der Waals surface area contributed by atoms with Crippen LogP contribution in [0.25, 0.3) is 11.1 Å². The summed E-state index contributed by atoms with van der Waals surface area (Å²) in [4.78, 5) is 24.4. The van der Waals surface area contributed by atoms with Crippen LogP contribution in [-0.4, -0.2) is 53.7 Å². The molecule has 0 N–H and O–H groups in total. The summed E-state index contributed by atoms with van der Waals surface area (Å²) >= 11 is 5.90. The van der Waals surface area contributed by atoms with Gasteiger partial charge in [-0.25, -0.2) is 14.8 Å². The summed E-state index contributed by atoms with van der Waals surface area (Å²) in [6, 6.07) is 7.58. The second kappa shape index (κ2) is 7.49. The highest BCUT2D eigenvalue weighted by Crippen LogP contribution is 2.21. The van der Waals surface area contributed by atoms with E-state index in [9.17, 15) is 4.79 Å². The molecule has 0 radical (unpaired) electrons. The molecule has 7 heteroatoms. The Bertz CT molecular complexity index is 683. The minimum Gasteiger partial charge on any atom is -0.450 e. The molecule has 1 aromatic heterocycles. The lowest BCUT2D eigenvalue weighted by molar-refractivity contribution is 0.105. The fourth-order valence-corrected chi connectivity index (χ4v) is 2.71. The first-order valence-electron chi connectivity index (χ1n) is 7.92. The fourth-order valence-electron chi connectivity index (χ4n) is 2.58. The van der Waals surface area contributed by atoms with Gasteiger partial charge in [0.05, 0.1) is 6.61 Å². The number of anilines is 1. The zero-order chi connectivity index (χ0) is 16.9. The van der Waals surface area contributed by atoms with Gasteiger partial charge in [0, 0.05) is 49.2 Å². The maximum atomic E-state index is 11.7. The molecule has 0 spiro atoms. The molecule has 2 heterocycles. The summed E-state index contributed by atoms with van der Waals surface area (Å²) in [5, 5.41) is 0.704. The Morgan fingerprint density at radius 3 is 2.29 bits per heavy atom. The molecule has 126 valence electrons. The Balaban J connectivity index is 1.62. The first kappa shape index (κ1) is 16.5. The molecule has 0 saturated carbocycles. The number of carbonyl (C=O) groups excluding carboxylic acids is 1. The summed E-state index contributed by atoms with van der Waals surface area (Å²) in [5.74, 6) is 0.677. The lowest BCUT2D eigenvalue weighted by Gasteiger charge is -2.33. The van der Waals surface area contributed by atoms with Gasteiger partial charge in [0.25, 0.3) is 0 Å². The quantitative estimate of drug-likeness (QED) is 0.854. The Labute approximate surface area is 146 Å². The highest BCUT2D eigenvalue weighted by atomic mass is 35.5. The van der Waals surface area contributed by atoms with Crippen LogP contribution in [0.5, 0.6) is 0 Å². The summed E-state index contributed by atoms with van der Waals surface area (Å²) in [6.45, 7) is 4.82. The van der Waals surface area contributed by atoms with E-state index in [2.05, 4.69) is 14.9 Å². The van der Waals surface area contributed by atoms with E-state index in [1.54, 1.807) is 4.90 Å². The van der Waals surface area contributed by atoms with Crippen molar-refractivity contribution in [2.24, 2.45) is 0 Å². The van der Waals surface area contributed by atoms with Gasteiger partial charge in [-0.05, 0) is 24.6 Å². The molecule has 24 heavy (non-hydrogen) atoms. The molecule has 1 aliphatic heterocycles. The summed E-state index contributed by atoms with van der Waals surface area (Å²) < 4.78 is 5.02. The number of halogens is 1. The third-order valence-corrected chi connectivity index (χ3v) is 4.16. The molecule has 1 saturated heterocycles. The predicted octanol–water partition coefficient (Wildman–Crippen LogP) is 3.08. The molecule has 0 bridgehead atoms. The van der Waals surface area contributed by atoms with E-state index in [1.807, 2.05) is 43.6 Å². The van der Waals surface area contributed by atoms with Crippen LogP contribution in [-0.2, 0) is 4.74 Å². The van der Waals surface area contributed by atoms with Crippen molar-refractivity contribution in [1.29, 1.82) is 0 Å². The smallest absolute Gasteiger partial charge is 0.409 e.